The number of para-hydroxylation sites is 1. The molecule has 1 aliphatic rings. The van der Waals surface area contributed by atoms with Crippen molar-refractivity contribution in [1.29, 1.82) is 0 Å². The minimum atomic E-state index is -4.40. The summed E-state index contributed by atoms with van der Waals surface area (Å²) in [7, 11) is 0. The number of aliphatic hydroxyl groups is 1. The number of fused-ring (bicyclic) bond motifs is 1. The molecule has 34 heavy (non-hydrogen) atoms. The van der Waals surface area contributed by atoms with Crippen LogP contribution in [0.3, 0.4) is 0 Å². The van der Waals surface area contributed by atoms with E-state index in [9.17, 15) is 17.6 Å². The fraction of sp³-hybridized carbons (Fsp3) is 0.250. The molecule has 0 saturated carbocycles. The van der Waals surface area contributed by atoms with Gasteiger partial charge in [0.2, 0.25) is 0 Å². The summed E-state index contributed by atoms with van der Waals surface area (Å²) in [6.07, 6.45) is -4.40. The zero-order valence-corrected chi connectivity index (χ0v) is 19.7. The quantitative estimate of drug-likeness (QED) is 0.293. The van der Waals surface area contributed by atoms with Gasteiger partial charge in [0.25, 0.3) is 0 Å². The average molecular weight is 516 g/mol. The van der Waals surface area contributed by atoms with Gasteiger partial charge >= 0.3 is 6.18 Å². The molecule has 0 fully saturated rings. The Morgan fingerprint density at radius 2 is 1.85 bits per heavy atom. The van der Waals surface area contributed by atoms with E-state index in [1.165, 1.54) is 36.2 Å². The zero-order valence-electron chi connectivity index (χ0n) is 18.1. The second-order valence-corrected chi connectivity index (χ2v) is 8.53. The van der Waals surface area contributed by atoms with Gasteiger partial charge in [0.1, 0.15) is 19.0 Å². The van der Waals surface area contributed by atoms with E-state index in [4.69, 9.17) is 26.2 Å². The first-order chi connectivity index (χ1) is 16.2. The predicted molar refractivity (Wildman–Crippen MR) is 125 cm³/mol. The molecule has 3 aromatic carbocycles. The molecule has 0 spiro atoms. The summed E-state index contributed by atoms with van der Waals surface area (Å²) in [5, 5.41) is 7.74. The molecular weight excluding hydrogens is 494 g/mol. The summed E-state index contributed by atoms with van der Waals surface area (Å²) in [5.74, 6) is 0.0160. The van der Waals surface area contributed by atoms with Crippen molar-refractivity contribution in [2.45, 2.75) is 24.6 Å². The number of hydrogen-bond acceptors (Lipinski definition) is 5. The van der Waals surface area contributed by atoms with Crippen molar-refractivity contribution in [3.05, 3.63) is 82.6 Å². The standard InChI is InChI=1S/C22H16ClF4NO2S.C2H6O/c23-17-5-2-6-18(24)21(17)30-13-14-7-8-20-19(11-14)28(9-10-29-20)31-16-4-1-3-15(12-16)22(25,26)27;1-2-3/h1-8,11-12H,9-10,13H2;3H,2H2,1H3. The molecule has 0 atom stereocenters. The Morgan fingerprint density at radius 3 is 2.56 bits per heavy atom. The van der Waals surface area contributed by atoms with Gasteiger partial charge in [-0.3, -0.25) is 0 Å². The second kappa shape index (κ2) is 11.7. The van der Waals surface area contributed by atoms with E-state index >= 15 is 0 Å². The van der Waals surface area contributed by atoms with E-state index in [2.05, 4.69) is 0 Å². The highest BCUT2D eigenvalue weighted by molar-refractivity contribution is 8.00. The maximum atomic E-state index is 13.9. The third-order valence-electron chi connectivity index (χ3n) is 4.52. The monoisotopic (exact) mass is 515 g/mol. The van der Waals surface area contributed by atoms with Crippen LogP contribution in [0.5, 0.6) is 11.5 Å². The van der Waals surface area contributed by atoms with Gasteiger partial charge in [-0.15, -0.1) is 0 Å². The van der Waals surface area contributed by atoms with E-state index in [1.807, 2.05) is 10.4 Å². The number of benzene rings is 3. The molecule has 0 radical (unpaired) electrons. The summed E-state index contributed by atoms with van der Waals surface area (Å²) in [6, 6.07) is 14.8. The molecule has 0 aliphatic carbocycles. The number of anilines is 1. The SMILES string of the molecule is CCO.Fc1cccc(Cl)c1OCc1ccc2c(c1)N(Sc1cccc(C(F)(F)F)c1)CCO2. The van der Waals surface area contributed by atoms with Crippen molar-refractivity contribution in [2.24, 2.45) is 0 Å². The number of hydrogen-bond donors (Lipinski definition) is 1. The lowest BCUT2D eigenvalue weighted by Crippen LogP contribution is -2.27. The maximum Gasteiger partial charge on any atom is 0.416 e. The molecule has 182 valence electrons. The summed E-state index contributed by atoms with van der Waals surface area (Å²) >= 11 is 7.19. The lowest BCUT2D eigenvalue weighted by atomic mass is 10.2. The fourth-order valence-corrected chi connectivity index (χ4v) is 4.25. The smallest absolute Gasteiger partial charge is 0.416 e. The summed E-state index contributed by atoms with van der Waals surface area (Å²) < 4.78 is 66.1. The highest BCUT2D eigenvalue weighted by Crippen LogP contribution is 2.40. The van der Waals surface area contributed by atoms with Gasteiger partial charge in [0, 0.05) is 11.5 Å². The molecule has 1 N–H and O–H groups in total. The van der Waals surface area contributed by atoms with Crippen molar-refractivity contribution >= 4 is 29.2 Å². The van der Waals surface area contributed by atoms with E-state index in [1.54, 1.807) is 25.1 Å². The molecule has 4 nitrogen and oxygen atoms in total. The summed E-state index contributed by atoms with van der Waals surface area (Å²) in [4.78, 5) is 0.461. The molecule has 1 heterocycles. The van der Waals surface area contributed by atoms with Gasteiger partial charge in [0.15, 0.2) is 11.6 Å². The molecule has 1 aliphatic heterocycles. The summed E-state index contributed by atoms with van der Waals surface area (Å²) in [6.45, 7) is 2.88. The fourth-order valence-electron chi connectivity index (χ4n) is 3.06. The highest BCUT2D eigenvalue weighted by Gasteiger charge is 2.31. The number of ether oxygens (including phenoxy) is 2. The second-order valence-electron chi connectivity index (χ2n) is 7.03. The first kappa shape index (κ1) is 26.0. The van der Waals surface area contributed by atoms with Crippen molar-refractivity contribution < 1.29 is 32.1 Å². The van der Waals surface area contributed by atoms with Crippen LogP contribution in [-0.4, -0.2) is 24.9 Å². The molecule has 0 saturated heterocycles. The zero-order chi connectivity index (χ0) is 24.7. The minimum Gasteiger partial charge on any atom is -0.489 e. The third-order valence-corrected chi connectivity index (χ3v) is 5.89. The number of aliphatic hydroxyl groups excluding tert-OH is 1. The minimum absolute atomic E-state index is 0.0339. The number of rotatable bonds is 5. The van der Waals surface area contributed by atoms with Crippen LogP contribution in [-0.2, 0) is 12.8 Å². The molecule has 0 bridgehead atoms. The Labute approximate surface area is 204 Å². The Kier molecular flexibility index (Phi) is 8.93. The Bertz CT molecular complexity index is 1090. The van der Waals surface area contributed by atoms with Crippen molar-refractivity contribution in [2.75, 3.05) is 24.1 Å². The Hall–Kier alpha value is -2.62. The van der Waals surface area contributed by atoms with E-state index in [-0.39, 0.29) is 24.0 Å². The number of nitrogens with zero attached hydrogens (tertiary/aromatic N) is 1. The van der Waals surface area contributed by atoms with E-state index in [0.29, 0.717) is 29.5 Å². The van der Waals surface area contributed by atoms with Crippen LogP contribution in [0.1, 0.15) is 18.1 Å². The first-order valence-corrected chi connectivity index (χ1v) is 11.4. The molecule has 0 aromatic heterocycles. The van der Waals surface area contributed by atoms with Gasteiger partial charge < -0.3 is 18.9 Å². The lowest BCUT2D eigenvalue weighted by Gasteiger charge is -2.30. The molecule has 4 rings (SSSR count). The van der Waals surface area contributed by atoms with Crippen molar-refractivity contribution in [3.8, 4) is 11.5 Å². The predicted octanol–water partition coefficient (Wildman–Crippen LogP) is 6.98. The average Bonchev–Trinajstić information content (AvgIpc) is 2.79. The van der Waals surface area contributed by atoms with Crippen LogP contribution < -0.4 is 13.8 Å². The molecule has 10 heteroatoms. The van der Waals surface area contributed by atoms with Gasteiger partial charge in [-0.05, 0) is 66.9 Å². The van der Waals surface area contributed by atoms with Crippen LogP contribution in [0.15, 0.2) is 65.6 Å². The van der Waals surface area contributed by atoms with Crippen LogP contribution >= 0.6 is 23.5 Å². The topological polar surface area (TPSA) is 41.9 Å². The molecule has 0 amide bonds. The molecule has 0 unspecified atom stereocenters. The maximum absolute atomic E-state index is 13.9. The first-order valence-electron chi connectivity index (χ1n) is 10.3. The van der Waals surface area contributed by atoms with Crippen LogP contribution in [0.2, 0.25) is 5.02 Å². The van der Waals surface area contributed by atoms with Gasteiger partial charge in [-0.2, -0.15) is 13.2 Å². The Morgan fingerprint density at radius 1 is 1.12 bits per heavy atom. The van der Waals surface area contributed by atoms with E-state index < -0.39 is 17.6 Å². The van der Waals surface area contributed by atoms with Crippen molar-refractivity contribution in [1.82, 2.24) is 0 Å². The van der Waals surface area contributed by atoms with Crippen LogP contribution in [0.4, 0.5) is 23.2 Å². The van der Waals surface area contributed by atoms with Crippen molar-refractivity contribution in [3.63, 3.8) is 0 Å². The van der Waals surface area contributed by atoms with Gasteiger partial charge in [-0.25, -0.2) is 4.39 Å². The Balaban J connectivity index is 0.00000103. The number of alkyl halides is 3. The van der Waals surface area contributed by atoms with Crippen LogP contribution in [0, 0.1) is 5.82 Å². The largest absolute Gasteiger partial charge is 0.489 e. The van der Waals surface area contributed by atoms with Gasteiger partial charge in [0.05, 0.1) is 22.8 Å². The lowest BCUT2D eigenvalue weighted by molar-refractivity contribution is -0.137. The van der Waals surface area contributed by atoms with Gasteiger partial charge in [-0.1, -0.05) is 29.8 Å². The highest BCUT2D eigenvalue weighted by atomic mass is 35.5. The van der Waals surface area contributed by atoms with E-state index in [0.717, 1.165) is 17.7 Å². The normalized spacial score (nSPS) is 12.9. The third kappa shape index (κ3) is 6.71. The summed E-state index contributed by atoms with van der Waals surface area (Å²) in [5.41, 5.74) is 0.738. The van der Waals surface area contributed by atoms with Crippen LogP contribution in [0.25, 0.3) is 0 Å². The molecule has 3 aromatic rings. The number of halogens is 5. The molecular formula is C24H22ClF4NO3S.